The van der Waals surface area contributed by atoms with Crippen molar-refractivity contribution >= 4 is 11.7 Å². The molecule has 1 amide bonds. The van der Waals surface area contributed by atoms with E-state index in [-0.39, 0.29) is 11.7 Å². The van der Waals surface area contributed by atoms with Gasteiger partial charge in [0.1, 0.15) is 11.4 Å². The third-order valence-corrected chi connectivity index (χ3v) is 4.28. The molecule has 3 aromatic rings. The Labute approximate surface area is 145 Å². The predicted molar refractivity (Wildman–Crippen MR) is 96.3 cm³/mol. The third-order valence-electron chi connectivity index (χ3n) is 4.28. The van der Waals surface area contributed by atoms with Gasteiger partial charge in [0.15, 0.2) is 5.82 Å². The molecule has 0 bridgehead atoms. The number of rotatable bonds is 2. The van der Waals surface area contributed by atoms with Gasteiger partial charge < -0.3 is 10.4 Å². The number of amides is 1. The lowest BCUT2D eigenvalue weighted by molar-refractivity contribution is -0.114. The number of nitrogens with zero attached hydrogens (tertiary/aromatic N) is 2. The normalized spacial score (nSPS) is 12.2. The molecule has 2 aromatic carbocycles. The average Bonchev–Trinajstić information content (AvgIpc) is 2.61. The molecular weight excluding hydrogens is 314 g/mol. The molecule has 0 aliphatic heterocycles. The van der Waals surface area contributed by atoms with Gasteiger partial charge in [0.05, 0.1) is 11.4 Å². The van der Waals surface area contributed by atoms with Crippen molar-refractivity contribution in [3.63, 3.8) is 0 Å². The van der Waals surface area contributed by atoms with Crippen LogP contribution in [0.3, 0.4) is 0 Å². The molecule has 0 unspecified atom stereocenters. The maximum atomic E-state index is 11.6. The van der Waals surface area contributed by atoms with Crippen molar-refractivity contribution in [2.24, 2.45) is 0 Å². The highest BCUT2D eigenvalue weighted by Gasteiger charge is 2.22. The smallest absolute Gasteiger partial charge is 0.222 e. The minimum Gasteiger partial charge on any atom is -0.508 e. The highest BCUT2D eigenvalue weighted by Crippen LogP contribution is 2.36. The molecule has 124 valence electrons. The van der Waals surface area contributed by atoms with E-state index < -0.39 is 0 Å². The number of phenols is 1. The number of carbonyl (C=O) groups is 1. The second-order valence-electron chi connectivity index (χ2n) is 6.10. The van der Waals surface area contributed by atoms with E-state index >= 15 is 0 Å². The van der Waals surface area contributed by atoms with Crippen LogP contribution in [0.25, 0.3) is 22.5 Å². The van der Waals surface area contributed by atoms with E-state index in [1.807, 2.05) is 36.4 Å². The van der Waals surface area contributed by atoms with Crippen LogP contribution in [0, 0.1) is 0 Å². The first-order chi connectivity index (χ1) is 12.1. The average molecular weight is 331 g/mol. The molecule has 1 aliphatic carbocycles. The molecule has 5 nitrogen and oxygen atoms in total. The van der Waals surface area contributed by atoms with E-state index in [0.29, 0.717) is 11.5 Å². The lowest BCUT2D eigenvalue weighted by Gasteiger charge is -2.21. The first kappa shape index (κ1) is 15.3. The molecule has 25 heavy (non-hydrogen) atoms. The van der Waals surface area contributed by atoms with Gasteiger partial charge in [-0.25, -0.2) is 9.97 Å². The monoisotopic (exact) mass is 331 g/mol. The molecule has 0 atom stereocenters. The van der Waals surface area contributed by atoms with Gasteiger partial charge in [-0.1, -0.05) is 30.3 Å². The van der Waals surface area contributed by atoms with E-state index in [0.717, 1.165) is 40.9 Å². The molecule has 0 spiro atoms. The summed E-state index contributed by atoms with van der Waals surface area (Å²) in [7, 11) is 0. The largest absolute Gasteiger partial charge is 0.508 e. The summed E-state index contributed by atoms with van der Waals surface area (Å²) in [5, 5.41) is 12.5. The van der Waals surface area contributed by atoms with E-state index in [1.54, 1.807) is 12.1 Å². The molecule has 5 heteroatoms. The summed E-state index contributed by atoms with van der Waals surface area (Å²) in [5.41, 5.74) is 5.27. The predicted octanol–water partition coefficient (Wildman–Crippen LogP) is 3.57. The standard InChI is InChI=1S/C20H17N3O2/c1-12(24)21-20-18(13-5-3-2-4-6-13)23-19-16-9-8-15(25)11-14(16)7-10-17(19)22-20/h2-6,8-9,11,25H,7,10H2,1H3,(H,21,22,24). The Morgan fingerprint density at radius 2 is 1.84 bits per heavy atom. The van der Waals surface area contributed by atoms with Gasteiger partial charge in [-0.3, -0.25) is 4.79 Å². The van der Waals surface area contributed by atoms with Crippen molar-refractivity contribution in [3.8, 4) is 28.3 Å². The van der Waals surface area contributed by atoms with Crippen molar-refractivity contribution in [3.05, 3.63) is 59.8 Å². The minimum absolute atomic E-state index is 0.174. The Morgan fingerprint density at radius 3 is 2.60 bits per heavy atom. The summed E-state index contributed by atoms with van der Waals surface area (Å²) in [6.45, 7) is 1.47. The van der Waals surface area contributed by atoms with E-state index in [9.17, 15) is 9.90 Å². The van der Waals surface area contributed by atoms with Crippen LogP contribution in [0.1, 0.15) is 18.2 Å². The second-order valence-corrected chi connectivity index (χ2v) is 6.10. The zero-order valence-corrected chi connectivity index (χ0v) is 13.8. The Kier molecular flexibility index (Phi) is 3.69. The van der Waals surface area contributed by atoms with Crippen LogP contribution in [0.15, 0.2) is 48.5 Å². The molecule has 0 radical (unpaired) electrons. The molecule has 1 aliphatic rings. The van der Waals surface area contributed by atoms with Crippen molar-refractivity contribution in [2.45, 2.75) is 19.8 Å². The highest BCUT2D eigenvalue weighted by molar-refractivity contribution is 5.92. The van der Waals surface area contributed by atoms with Gasteiger partial charge in [-0.05, 0) is 36.6 Å². The van der Waals surface area contributed by atoms with Crippen molar-refractivity contribution < 1.29 is 9.90 Å². The minimum atomic E-state index is -0.174. The molecular formula is C20H17N3O2. The summed E-state index contributed by atoms with van der Waals surface area (Å²) < 4.78 is 0. The first-order valence-corrected chi connectivity index (χ1v) is 8.18. The lowest BCUT2D eigenvalue weighted by Crippen LogP contribution is -2.15. The van der Waals surface area contributed by atoms with Gasteiger partial charge in [-0.15, -0.1) is 0 Å². The fourth-order valence-electron chi connectivity index (χ4n) is 3.18. The Morgan fingerprint density at radius 1 is 1.04 bits per heavy atom. The van der Waals surface area contributed by atoms with E-state index in [2.05, 4.69) is 5.32 Å². The van der Waals surface area contributed by atoms with Crippen LogP contribution in [-0.4, -0.2) is 21.0 Å². The molecule has 0 saturated heterocycles. The number of benzene rings is 2. The maximum Gasteiger partial charge on any atom is 0.222 e. The van der Waals surface area contributed by atoms with Gasteiger partial charge >= 0.3 is 0 Å². The number of hydrogen-bond donors (Lipinski definition) is 2. The number of fused-ring (bicyclic) bond motifs is 3. The summed E-state index contributed by atoms with van der Waals surface area (Å²) in [4.78, 5) is 21.1. The number of hydrogen-bond acceptors (Lipinski definition) is 4. The van der Waals surface area contributed by atoms with Gasteiger partial charge in [-0.2, -0.15) is 0 Å². The zero-order valence-electron chi connectivity index (χ0n) is 13.8. The number of nitrogens with one attached hydrogen (secondary N) is 1. The van der Waals surface area contributed by atoms with Crippen molar-refractivity contribution in [2.75, 3.05) is 5.32 Å². The summed E-state index contributed by atoms with van der Waals surface area (Å²) in [5.74, 6) is 0.570. The van der Waals surface area contributed by atoms with Crippen LogP contribution in [-0.2, 0) is 17.6 Å². The van der Waals surface area contributed by atoms with Crippen molar-refractivity contribution in [1.82, 2.24) is 9.97 Å². The Bertz CT molecular complexity index is 968. The number of aromatic hydroxyl groups is 1. The van der Waals surface area contributed by atoms with Crippen LogP contribution < -0.4 is 5.32 Å². The van der Waals surface area contributed by atoms with Crippen LogP contribution >= 0.6 is 0 Å². The van der Waals surface area contributed by atoms with Gasteiger partial charge in [0, 0.05) is 18.1 Å². The van der Waals surface area contributed by atoms with Crippen molar-refractivity contribution in [1.29, 1.82) is 0 Å². The quantitative estimate of drug-likeness (QED) is 0.753. The SMILES string of the molecule is CC(=O)Nc1nc2c(nc1-c1ccccc1)-c1ccc(O)cc1CC2. The summed E-state index contributed by atoms with van der Waals surface area (Å²) in [6, 6.07) is 15.0. The molecule has 0 fully saturated rings. The lowest BCUT2D eigenvalue weighted by atomic mass is 9.91. The Hall–Kier alpha value is -3.21. The number of carbonyl (C=O) groups excluding carboxylic acids is 1. The summed E-state index contributed by atoms with van der Waals surface area (Å²) in [6.07, 6.45) is 1.51. The van der Waals surface area contributed by atoms with E-state index in [4.69, 9.17) is 9.97 Å². The highest BCUT2D eigenvalue weighted by atomic mass is 16.3. The molecule has 1 heterocycles. The maximum absolute atomic E-state index is 11.6. The fourth-order valence-corrected chi connectivity index (χ4v) is 3.18. The molecule has 2 N–H and O–H groups in total. The third kappa shape index (κ3) is 2.85. The van der Waals surface area contributed by atoms with Crippen LogP contribution in [0.5, 0.6) is 5.75 Å². The Balaban J connectivity index is 1.93. The van der Waals surface area contributed by atoms with Gasteiger partial charge in [0.2, 0.25) is 5.91 Å². The first-order valence-electron chi connectivity index (χ1n) is 8.18. The molecule has 0 saturated carbocycles. The second kappa shape index (κ2) is 6.02. The van der Waals surface area contributed by atoms with Crippen LogP contribution in [0.2, 0.25) is 0 Å². The van der Waals surface area contributed by atoms with Gasteiger partial charge in [0.25, 0.3) is 0 Å². The zero-order chi connectivity index (χ0) is 17.4. The topological polar surface area (TPSA) is 75.1 Å². The van der Waals surface area contributed by atoms with Crippen LogP contribution in [0.4, 0.5) is 5.82 Å². The number of anilines is 1. The number of aryl methyl sites for hydroxylation is 2. The van der Waals surface area contributed by atoms with E-state index in [1.165, 1.54) is 6.92 Å². The molecule has 4 rings (SSSR count). The summed E-state index contributed by atoms with van der Waals surface area (Å²) >= 11 is 0. The number of phenolic OH excluding ortho intramolecular Hbond substituents is 1. The molecule has 1 aromatic heterocycles. The fraction of sp³-hybridized carbons (Fsp3) is 0.150. The number of aromatic nitrogens is 2.